The zero-order chi connectivity index (χ0) is 13.8. The quantitative estimate of drug-likeness (QED) is 0.945. The molecule has 0 aliphatic rings. The van der Waals surface area contributed by atoms with Crippen molar-refractivity contribution < 1.29 is 4.74 Å². The van der Waals surface area contributed by atoms with E-state index < -0.39 is 5.56 Å². The normalized spacial score (nSPS) is 9.95. The lowest BCUT2D eigenvalue weighted by molar-refractivity contribution is 0.340. The van der Waals surface area contributed by atoms with E-state index in [1.54, 1.807) is 0 Å². The third kappa shape index (κ3) is 2.85. The van der Waals surface area contributed by atoms with Crippen LogP contribution in [0.2, 0.25) is 0 Å². The van der Waals surface area contributed by atoms with Crippen molar-refractivity contribution in [3.63, 3.8) is 0 Å². The minimum absolute atomic E-state index is 0.0848. The molecule has 0 aliphatic heterocycles. The van der Waals surface area contributed by atoms with Crippen molar-refractivity contribution in [2.45, 2.75) is 6.92 Å². The second-order valence-corrected chi connectivity index (χ2v) is 4.66. The zero-order valence-electron chi connectivity index (χ0n) is 10.2. The van der Waals surface area contributed by atoms with Crippen LogP contribution < -0.4 is 10.3 Å². The molecule has 1 heterocycles. The van der Waals surface area contributed by atoms with Crippen molar-refractivity contribution in [3.8, 4) is 23.1 Å². The number of hydrogen-bond donors (Lipinski definition) is 1. The maximum Gasteiger partial charge on any atom is 0.266 e. The van der Waals surface area contributed by atoms with Gasteiger partial charge in [-0.2, -0.15) is 5.26 Å². The van der Waals surface area contributed by atoms with E-state index in [2.05, 4.69) is 20.9 Å². The topological polar surface area (TPSA) is 65.9 Å². The van der Waals surface area contributed by atoms with E-state index >= 15 is 0 Å². The maximum atomic E-state index is 11.6. The fraction of sp³-hybridized carbons (Fsp3) is 0.143. The lowest BCUT2D eigenvalue weighted by Gasteiger charge is -2.07. The SMILES string of the molecule is CCOc1ccc(-c2[nH]c(=O)c(C#N)cc2Br)cc1. The van der Waals surface area contributed by atoms with E-state index in [0.717, 1.165) is 11.3 Å². The summed E-state index contributed by atoms with van der Waals surface area (Å²) in [5.74, 6) is 0.776. The minimum Gasteiger partial charge on any atom is -0.494 e. The zero-order valence-corrected chi connectivity index (χ0v) is 11.8. The van der Waals surface area contributed by atoms with Gasteiger partial charge in [0.15, 0.2) is 0 Å². The number of hydrogen-bond acceptors (Lipinski definition) is 3. The molecule has 0 saturated carbocycles. The van der Waals surface area contributed by atoms with Gasteiger partial charge in [-0.3, -0.25) is 4.79 Å². The Labute approximate surface area is 118 Å². The molecule has 19 heavy (non-hydrogen) atoms. The van der Waals surface area contributed by atoms with Crippen LogP contribution >= 0.6 is 15.9 Å². The summed E-state index contributed by atoms with van der Waals surface area (Å²) in [6.45, 7) is 2.53. The summed E-state index contributed by atoms with van der Waals surface area (Å²) in [4.78, 5) is 14.3. The average Bonchev–Trinajstić information content (AvgIpc) is 2.42. The first-order valence-electron chi connectivity index (χ1n) is 5.72. The highest BCUT2D eigenvalue weighted by molar-refractivity contribution is 9.10. The maximum absolute atomic E-state index is 11.6. The van der Waals surface area contributed by atoms with Gasteiger partial charge < -0.3 is 9.72 Å². The molecule has 1 aromatic heterocycles. The van der Waals surface area contributed by atoms with E-state index in [1.165, 1.54) is 6.07 Å². The highest BCUT2D eigenvalue weighted by Crippen LogP contribution is 2.27. The molecule has 5 heteroatoms. The molecule has 96 valence electrons. The van der Waals surface area contributed by atoms with Crippen LogP contribution in [0.4, 0.5) is 0 Å². The Hall–Kier alpha value is -2.06. The lowest BCUT2D eigenvalue weighted by Crippen LogP contribution is -2.11. The molecular formula is C14H11BrN2O2. The number of benzene rings is 1. The fourth-order valence-electron chi connectivity index (χ4n) is 1.68. The van der Waals surface area contributed by atoms with Crippen LogP contribution in [0.1, 0.15) is 12.5 Å². The van der Waals surface area contributed by atoms with Crippen LogP contribution in [0.25, 0.3) is 11.3 Å². The molecule has 0 unspecified atom stereocenters. The third-order valence-corrected chi connectivity index (χ3v) is 3.19. The molecule has 1 N–H and O–H groups in total. The number of ether oxygens (including phenoxy) is 1. The third-order valence-electron chi connectivity index (χ3n) is 2.57. The van der Waals surface area contributed by atoms with Gasteiger partial charge in [0.05, 0.1) is 12.3 Å². The summed E-state index contributed by atoms with van der Waals surface area (Å²) in [7, 11) is 0. The number of aromatic nitrogens is 1. The number of aromatic amines is 1. The van der Waals surface area contributed by atoms with Crippen LogP contribution in [0.15, 0.2) is 39.6 Å². The van der Waals surface area contributed by atoms with Gasteiger partial charge in [0.2, 0.25) is 0 Å². The number of rotatable bonds is 3. The van der Waals surface area contributed by atoms with E-state index in [-0.39, 0.29) is 5.56 Å². The average molecular weight is 319 g/mol. The summed E-state index contributed by atoms with van der Waals surface area (Å²) < 4.78 is 6.03. The van der Waals surface area contributed by atoms with Crippen molar-refractivity contribution in [2.75, 3.05) is 6.61 Å². The standard InChI is InChI=1S/C14H11BrN2O2/c1-2-19-11-5-3-9(4-6-11)13-12(15)7-10(8-16)14(18)17-13/h3-7H,2H2,1H3,(H,17,18). The van der Waals surface area contributed by atoms with Crippen molar-refractivity contribution in [3.05, 3.63) is 50.7 Å². The monoisotopic (exact) mass is 318 g/mol. The van der Waals surface area contributed by atoms with Gasteiger partial charge in [-0.25, -0.2) is 0 Å². The van der Waals surface area contributed by atoms with Crippen LogP contribution in [0, 0.1) is 11.3 Å². The largest absolute Gasteiger partial charge is 0.494 e. The van der Waals surface area contributed by atoms with E-state index in [0.29, 0.717) is 16.8 Å². The van der Waals surface area contributed by atoms with Crippen molar-refractivity contribution >= 4 is 15.9 Å². The number of pyridine rings is 1. The number of nitriles is 1. The molecule has 0 fully saturated rings. The molecule has 0 amide bonds. The summed E-state index contributed by atoms with van der Waals surface area (Å²) >= 11 is 3.36. The molecule has 1 aromatic carbocycles. The molecule has 0 saturated heterocycles. The van der Waals surface area contributed by atoms with Gasteiger partial charge >= 0.3 is 0 Å². The van der Waals surface area contributed by atoms with Gasteiger partial charge in [-0.05, 0) is 58.7 Å². The smallest absolute Gasteiger partial charge is 0.266 e. The Balaban J connectivity index is 2.45. The van der Waals surface area contributed by atoms with Crippen molar-refractivity contribution in [2.24, 2.45) is 0 Å². The molecule has 0 atom stereocenters. The van der Waals surface area contributed by atoms with Crippen LogP contribution in [0.3, 0.4) is 0 Å². The fourth-order valence-corrected chi connectivity index (χ4v) is 2.24. The molecule has 0 aliphatic carbocycles. The highest BCUT2D eigenvalue weighted by atomic mass is 79.9. The van der Waals surface area contributed by atoms with Crippen molar-refractivity contribution in [1.82, 2.24) is 4.98 Å². The number of halogens is 1. The second kappa shape index (κ2) is 5.72. The van der Waals surface area contributed by atoms with Crippen LogP contribution in [-0.4, -0.2) is 11.6 Å². The second-order valence-electron chi connectivity index (χ2n) is 3.80. The van der Waals surface area contributed by atoms with E-state index in [4.69, 9.17) is 10.00 Å². The summed E-state index contributed by atoms with van der Waals surface area (Å²) in [6, 6.07) is 10.7. The first-order valence-corrected chi connectivity index (χ1v) is 6.51. The molecule has 0 radical (unpaired) electrons. The number of nitrogens with zero attached hydrogens (tertiary/aromatic N) is 1. The van der Waals surface area contributed by atoms with E-state index in [1.807, 2.05) is 37.3 Å². The minimum atomic E-state index is -0.394. The Bertz CT molecular complexity index is 684. The van der Waals surface area contributed by atoms with Gasteiger partial charge in [0.1, 0.15) is 17.4 Å². The summed E-state index contributed by atoms with van der Waals surface area (Å²) in [5.41, 5.74) is 1.18. The Morgan fingerprint density at radius 1 is 1.37 bits per heavy atom. The van der Waals surface area contributed by atoms with Gasteiger partial charge in [0.25, 0.3) is 5.56 Å². The van der Waals surface area contributed by atoms with Crippen LogP contribution in [0.5, 0.6) is 5.75 Å². The Kier molecular flexibility index (Phi) is 4.03. The van der Waals surface area contributed by atoms with Gasteiger partial charge in [-0.1, -0.05) is 0 Å². The predicted molar refractivity (Wildman–Crippen MR) is 76.1 cm³/mol. The molecule has 0 spiro atoms. The number of H-pyrrole nitrogens is 1. The first-order chi connectivity index (χ1) is 9.15. The number of nitrogens with one attached hydrogen (secondary N) is 1. The molecular weight excluding hydrogens is 308 g/mol. The Morgan fingerprint density at radius 3 is 2.63 bits per heavy atom. The van der Waals surface area contributed by atoms with Gasteiger partial charge in [0, 0.05) is 4.47 Å². The molecule has 2 rings (SSSR count). The van der Waals surface area contributed by atoms with E-state index in [9.17, 15) is 4.79 Å². The predicted octanol–water partition coefficient (Wildman–Crippen LogP) is 3.07. The first kappa shape index (κ1) is 13.4. The highest BCUT2D eigenvalue weighted by Gasteiger charge is 2.08. The Morgan fingerprint density at radius 2 is 2.05 bits per heavy atom. The molecule has 0 bridgehead atoms. The lowest BCUT2D eigenvalue weighted by atomic mass is 10.1. The summed E-state index contributed by atoms with van der Waals surface area (Å²) in [6.07, 6.45) is 0. The summed E-state index contributed by atoms with van der Waals surface area (Å²) in [5, 5.41) is 8.79. The van der Waals surface area contributed by atoms with Crippen LogP contribution in [-0.2, 0) is 0 Å². The van der Waals surface area contributed by atoms with Gasteiger partial charge in [-0.15, -0.1) is 0 Å². The molecule has 2 aromatic rings. The molecule has 4 nitrogen and oxygen atoms in total. The van der Waals surface area contributed by atoms with Crippen molar-refractivity contribution in [1.29, 1.82) is 5.26 Å².